The molecule has 3 N–H and O–H groups in total. The van der Waals surface area contributed by atoms with E-state index in [4.69, 9.17) is 5.73 Å². The van der Waals surface area contributed by atoms with Crippen LogP contribution in [-0.4, -0.2) is 27.2 Å². The molecule has 21 heavy (non-hydrogen) atoms. The summed E-state index contributed by atoms with van der Waals surface area (Å²) in [5.41, 5.74) is 7.09. The molecule has 1 aromatic heterocycles. The molecule has 2 aromatic rings. The zero-order valence-electron chi connectivity index (χ0n) is 12.4. The lowest BCUT2D eigenvalue weighted by atomic mass is 10.0. The van der Waals surface area contributed by atoms with E-state index >= 15 is 0 Å². The zero-order chi connectivity index (χ0) is 15.2. The molecule has 0 bridgehead atoms. The van der Waals surface area contributed by atoms with Gasteiger partial charge in [-0.1, -0.05) is 19.1 Å². The normalized spacial score (nSPS) is 12.1. The first-order valence-electron chi connectivity index (χ1n) is 7.07. The molecular weight excluding hydrogens is 266 g/mol. The van der Waals surface area contributed by atoms with E-state index in [1.165, 1.54) is 0 Å². The van der Waals surface area contributed by atoms with Crippen LogP contribution in [0.2, 0.25) is 0 Å². The summed E-state index contributed by atoms with van der Waals surface area (Å²) in [4.78, 5) is 12.2. The SMILES string of the molecule is CC(CCCN)C(=O)Nc1ccccc1-c1nncn1C. The molecule has 1 aromatic carbocycles. The molecule has 1 heterocycles. The van der Waals surface area contributed by atoms with E-state index in [-0.39, 0.29) is 11.8 Å². The van der Waals surface area contributed by atoms with Crippen molar-refractivity contribution in [2.45, 2.75) is 19.8 Å². The van der Waals surface area contributed by atoms with Gasteiger partial charge in [-0.3, -0.25) is 4.79 Å². The van der Waals surface area contributed by atoms with E-state index in [0.29, 0.717) is 6.54 Å². The van der Waals surface area contributed by atoms with E-state index in [9.17, 15) is 4.79 Å². The van der Waals surface area contributed by atoms with Crippen LogP contribution < -0.4 is 11.1 Å². The fraction of sp³-hybridized carbons (Fsp3) is 0.400. The van der Waals surface area contributed by atoms with Crippen molar-refractivity contribution in [1.29, 1.82) is 0 Å². The summed E-state index contributed by atoms with van der Waals surface area (Å²) < 4.78 is 1.82. The van der Waals surface area contributed by atoms with E-state index in [0.717, 1.165) is 29.9 Å². The fourth-order valence-corrected chi connectivity index (χ4v) is 2.13. The van der Waals surface area contributed by atoms with Crippen molar-refractivity contribution < 1.29 is 4.79 Å². The number of hydrogen-bond donors (Lipinski definition) is 2. The van der Waals surface area contributed by atoms with Gasteiger partial charge in [-0.05, 0) is 31.5 Å². The summed E-state index contributed by atoms with van der Waals surface area (Å²) in [6.45, 7) is 2.52. The molecule has 0 aliphatic carbocycles. The van der Waals surface area contributed by atoms with Crippen LogP contribution in [0, 0.1) is 5.92 Å². The number of aromatic nitrogens is 3. The quantitative estimate of drug-likeness (QED) is 0.848. The Kier molecular flexibility index (Phi) is 5.05. The van der Waals surface area contributed by atoms with Gasteiger partial charge in [0, 0.05) is 18.5 Å². The number of nitrogens with two attached hydrogens (primary N) is 1. The maximum Gasteiger partial charge on any atom is 0.227 e. The van der Waals surface area contributed by atoms with Crippen molar-refractivity contribution in [3.63, 3.8) is 0 Å². The first-order chi connectivity index (χ1) is 10.1. The predicted octanol–water partition coefficient (Wildman–Crippen LogP) is 1.80. The number of rotatable bonds is 6. The monoisotopic (exact) mass is 287 g/mol. The number of hydrogen-bond acceptors (Lipinski definition) is 4. The van der Waals surface area contributed by atoms with Gasteiger partial charge in [-0.15, -0.1) is 10.2 Å². The molecule has 2 rings (SSSR count). The number of nitrogens with zero attached hydrogens (tertiary/aromatic N) is 3. The van der Waals surface area contributed by atoms with Crippen LogP contribution in [0.1, 0.15) is 19.8 Å². The lowest BCUT2D eigenvalue weighted by Gasteiger charge is -2.14. The van der Waals surface area contributed by atoms with Crippen molar-refractivity contribution in [2.75, 3.05) is 11.9 Å². The summed E-state index contributed by atoms with van der Waals surface area (Å²) in [6.07, 6.45) is 3.27. The minimum atomic E-state index is -0.0684. The van der Waals surface area contributed by atoms with Crippen molar-refractivity contribution >= 4 is 11.6 Å². The summed E-state index contributed by atoms with van der Waals surface area (Å²) in [5, 5.41) is 10.9. The summed E-state index contributed by atoms with van der Waals surface area (Å²) in [5.74, 6) is 0.652. The fourth-order valence-electron chi connectivity index (χ4n) is 2.13. The summed E-state index contributed by atoms with van der Waals surface area (Å²) in [7, 11) is 1.87. The maximum absolute atomic E-state index is 12.2. The van der Waals surface area contributed by atoms with Crippen LogP contribution in [-0.2, 0) is 11.8 Å². The second kappa shape index (κ2) is 6.99. The number of nitrogens with one attached hydrogen (secondary N) is 1. The van der Waals surface area contributed by atoms with E-state index in [1.807, 2.05) is 42.8 Å². The molecule has 6 heteroatoms. The molecule has 6 nitrogen and oxygen atoms in total. The molecule has 0 aliphatic rings. The number of benzene rings is 1. The molecule has 0 radical (unpaired) electrons. The van der Waals surface area contributed by atoms with Gasteiger partial charge in [0.2, 0.25) is 5.91 Å². The third kappa shape index (κ3) is 3.66. The standard InChI is InChI=1S/C15H21N5O/c1-11(6-5-9-16)15(21)18-13-8-4-3-7-12(13)14-19-17-10-20(14)2/h3-4,7-8,10-11H,5-6,9,16H2,1-2H3,(H,18,21). The minimum Gasteiger partial charge on any atom is -0.330 e. The van der Waals surface area contributed by atoms with E-state index in [1.54, 1.807) is 6.33 Å². The first kappa shape index (κ1) is 15.2. The smallest absolute Gasteiger partial charge is 0.227 e. The lowest BCUT2D eigenvalue weighted by Crippen LogP contribution is -2.21. The maximum atomic E-state index is 12.2. The molecule has 0 saturated heterocycles. The van der Waals surface area contributed by atoms with Crippen molar-refractivity contribution in [1.82, 2.24) is 14.8 Å². The van der Waals surface area contributed by atoms with Crippen LogP contribution >= 0.6 is 0 Å². The molecule has 1 atom stereocenters. The molecule has 0 aliphatic heterocycles. The van der Waals surface area contributed by atoms with Crippen LogP contribution in [0.15, 0.2) is 30.6 Å². The zero-order valence-corrected chi connectivity index (χ0v) is 12.4. The van der Waals surface area contributed by atoms with Gasteiger partial charge in [0.05, 0.1) is 5.69 Å². The molecule has 0 saturated carbocycles. The molecule has 1 unspecified atom stereocenters. The highest BCUT2D eigenvalue weighted by Gasteiger charge is 2.16. The Hall–Kier alpha value is -2.21. The van der Waals surface area contributed by atoms with Crippen LogP contribution in [0.3, 0.4) is 0 Å². The number of amides is 1. The number of para-hydroxylation sites is 1. The molecule has 112 valence electrons. The van der Waals surface area contributed by atoms with Gasteiger partial charge in [-0.25, -0.2) is 0 Å². The third-order valence-corrected chi connectivity index (χ3v) is 3.43. The third-order valence-electron chi connectivity index (χ3n) is 3.43. The van der Waals surface area contributed by atoms with Crippen molar-refractivity contribution in [2.24, 2.45) is 18.7 Å². The second-order valence-electron chi connectivity index (χ2n) is 5.13. The van der Waals surface area contributed by atoms with Crippen molar-refractivity contribution in [3.05, 3.63) is 30.6 Å². The predicted molar refractivity (Wildman–Crippen MR) is 82.5 cm³/mol. The Morgan fingerprint density at radius 1 is 1.43 bits per heavy atom. The average molecular weight is 287 g/mol. The Bertz CT molecular complexity index is 608. The highest BCUT2D eigenvalue weighted by atomic mass is 16.1. The van der Waals surface area contributed by atoms with Crippen LogP contribution in [0.25, 0.3) is 11.4 Å². The van der Waals surface area contributed by atoms with Gasteiger partial charge >= 0.3 is 0 Å². The molecule has 1 amide bonds. The van der Waals surface area contributed by atoms with Gasteiger partial charge in [0.25, 0.3) is 0 Å². The van der Waals surface area contributed by atoms with Crippen LogP contribution in [0.4, 0.5) is 5.69 Å². The number of anilines is 1. The number of carbonyl (C=O) groups excluding carboxylic acids is 1. The Morgan fingerprint density at radius 2 is 2.19 bits per heavy atom. The average Bonchev–Trinajstić information content (AvgIpc) is 2.91. The van der Waals surface area contributed by atoms with Crippen LogP contribution in [0.5, 0.6) is 0 Å². The Balaban J connectivity index is 2.18. The highest BCUT2D eigenvalue weighted by Crippen LogP contribution is 2.26. The minimum absolute atomic E-state index is 0.00179. The van der Waals surface area contributed by atoms with Gasteiger partial charge in [-0.2, -0.15) is 0 Å². The molecular formula is C15H21N5O. The summed E-state index contributed by atoms with van der Waals surface area (Å²) in [6, 6.07) is 7.60. The number of carbonyl (C=O) groups is 1. The molecule has 0 fully saturated rings. The largest absolute Gasteiger partial charge is 0.330 e. The van der Waals surface area contributed by atoms with Gasteiger partial charge in [0.1, 0.15) is 6.33 Å². The topological polar surface area (TPSA) is 85.8 Å². The lowest BCUT2D eigenvalue weighted by molar-refractivity contribution is -0.119. The van der Waals surface area contributed by atoms with E-state index < -0.39 is 0 Å². The summed E-state index contributed by atoms with van der Waals surface area (Å²) >= 11 is 0. The Labute approximate surface area is 124 Å². The van der Waals surface area contributed by atoms with Gasteiger partial charge in [0.15, 0.2) is 5.82 Å². The number of aryl methyl sites for hydroxylation is 1. The van der Waals surface area contributed by atoms with Crippen molar-refractivity contribution in [3.8, 4) is 11.4 Å². The highest BCUT2D eigenvalue weighted by molar-refractivity contribution is 5.95. The van der Waals surface area contributed by atoms with E-state index in [2.05, 4.69) is 15.5 Å². The Morgan fingerprint density at radius 3 is 2.86 bits per heavy atom. The second-order valence-corrected chi connectivity index (χ2v) is 5.13. The molecule has 0 spiro atoms. The first-order valence-corrected chi connectivity index (χ1v) is 7.07. The van der Waals surface area contributed by atoms with Gasteiger partial charge < -0.3 is 15.6 Å².